The van der Waals surface area contributed by atoms with Gasteiger partial charge in [-0.2, -0.15) is 5.10 Å². The largest absolute Gasteiger partial charge is 0.354 e. The number of hydrogen-bond acceptors (Lipinski definition) is 4. The van der Waals surface area contributed by atoms with Crippen LogP contribution < -0.4 is 4.90 Å². The number of aromatic nitrogens is 2. The van der Waals surface area contributed by atoms with Crippen molar-refractivity contribution < 1.29 is 0 Å². The van der Waals surface area contributed by atoms with Gasteiger partial charge in [0.2, 0.25) is 0 Å². The minimum Gasteiger partial charge on any atom is -0.354 e. The minimum atomic E-state index is 0.635. The van der Waals surface area contributed by atoms with Crippen molar-refractivity contribution in [1.29, 1.82) is 0 Å². The van der Waals surface area contributed by atoms with Gasteiger partial charge in [-0.3, -0.25) is 0 Å². The van der Waals surface area contributed by atoms with Crippen molar-refractivity contribution in [3.8, 4) is 0 Å². The Hall–Kier alpha value is -1.07. The highest BCUT2D eigenvalue weighted by Crippen LogP contribution is 2.33. The molecule has 1 aromatic carbocycles. The van der Waals surface area contributed by atoms with Crippen LogP contribution in [0.5, 0.6) is 0 Å². The molecular formula is C17H18BrN3S. The predicted octanol–water partition coefficient (Wildman–Crippen LogP) is 4.10. The Labute approximate surface area is 143 Å². The van der Waals surface area contributed by atoms with Crippen molar-refractivity contribution in [1.82, 2.24) is 10.2 Å². The zero-order valence-electron chi connectivity index (χ0n) is 12.3. The molecule has 114 valence electrons. The third kappa shape index (κ3) is 3.01. The van der Waals surface area contributed by atoms with Gasteiger partial charge in [0.25, 0.3) is 0 Å². The lowest BCUT2D eigenvalue weighted by molar-refractivity contribution is 0.855. The molecule has 1 fully saturated rings. The average molecular weight is 376 g/mol. The molecule has 0 bridgehead atoms. The first-order chi connectivity index (χ1) is 10.8. The van der Waals surface area contributed by atoms with E-state index in [2.05, 4.69) is 61.4 Å². The maximum atomic E-state index is 4.45. The van der Waals surface area contributed by atoms with Gasteiger partial charge in [0.05, 0.1) is 5.69 Å². The second kappa shape index (κ2) is 6.20. The molecule has 0 saturated carbocycles. The lowest BCUT2D eigenvalue weighted by Gasteiger charge is -2.17. The molecule has 0 N–H and O–H groups in total. The van der Waals surface area contributed by atoms with Crippen LogP contribution in [0.15, 0.2) is 39.7 Å². The van der Waals surface area contributed by atoms with Crippen LogP contribution >= 0.6 is 27.7 Å². The highest BCUT2D eigenvalue weighted by molar-refractivity contribution is 9.10. The normalized spacial score (nSPS) is 20.4. The number of benzene rings is 1. The fourth-order valence-corrected chi connectivity index (χ4v) is 4.63. The van der Waals surface area contributed by atoms with Crippen LogP contribution in [0, 0.1) is 0 Å². The van der Waals surface area contributed by atoms with Crippen LogP contribution in [0.3, 0.4) is 0 Å². The van der Waals surface area contributed by atoms with Crippen molar-refractivity contribution in [2.75, 3.05) is 18.0 Å². The summed E-state index contributed by atoms with van der Waals surface area (Å²) in [6.07, 6.45) is 4.71. The highest BCUT2D eigenvalue weighted by Gasteiger charge is 2.25. The summed E-state index contributed by atoms with van der Waals surface area (Å²) in [6.45, 7) is 2.15. The molecular weight excluding hydrogens is 358 g/mol. The van der Waals surface area contributed by atoms with E-state index in [4.69, 9.17) is 0 Å². The number of thioether (sulfide) groups is 1. The van der Waals surface area contributed by atoms with E-state index in [0.717, 1.165) is 29.8 Å². The molecule has 2 aromatic rings. The summed E-state index contributed by atoms with van der Waals surface area (Å²) < 4.78 is 1.14. The maximum Gasteiger partial charge on any atom is 0.151 e. The molecule has 0 radical (unpaired) electrons. The number of rotatable bonds is 3. The Bertz CT molecular complexity index is 674. The van der Waals surface area contributed by atoms with Crippen LogP contribution in [-0.2, 0) is 12.8 Å². The van der Waals surface area contributed by atoms with E-state index in [1.165, 1.54) is 35.4 Å². The Morgan fingerprint density at radius 2 is 2.00 bits per heavy atom. The van der Waals surface area contributed by atoms with Crippen LogP contribution in [0.1, 0.15) is 24.1 Å². The van der Waals surface area contributed by atoms with Crippen molar-refractivity contribution in [2.24, 2.45) is 0 Å². The highest BCUT2D eigenvalue weighted by atomic mass is 79.9. The van der Waals surface area contributed by atoms with Crippen molar-refractivity contribution in [3.63, 3.8) is 0 Å². The molecule has 0 spiro atoms. The van der Waals surface area contributed by atoms with Crippen molar-refractivity contribution >= 4 is 33.5 Å². The summed E-state index contributed by atoms with van der Waals surface area (Å²) in [6, 6.07) is 10.9. The van der Waals surface area contributed by atoms with Gasteiger partial charge >= 0.3 is 0 Å². The third-order valence-corrected chi connectivity index (χ3v) is 6.18. The van der Waals surface area contributed by atoms with Crippen molar-refractivity contribution in [2.45, 2.75) is 35.8 Å². The molecule has 1 saturated heterocycles. The monoisotopic (exact) mass is 375 g/mol. The summed E-state index contributed by atoms with van der Waals surface area (Å²) in [5, 5.41) is 9.50. The molecule has 1 aliphatic heterocycles. The van der Waals surface area contributed by atoms with Gasteiger partial charge in [-0.15, -0.1) is 16.9 Å². The smallest absolute Gasteiger partial charge is 0.151 e. The molecule has 4 rings (SSSR count). The summed E-state index contributed by atoms with van der Waals surface area (Å²) in [5.74, 6) is 1.07. The molecule has 22 heavy (non-hydrogen) atoms. The Morgan fingerprint density at radius 1 is 1.14 bits per heavy atom. The lowest BCUT2D eigenvalue weighted by atomic mass is 10.2. The van der Waals surface area contributed by atoms with Gasteiger partial charge in [0.1, 0.15) is 0 Å². The van der Waals surface area contributed by atoms with E-state index in [9.17, 15) is 0 Å². The molecule has 0 amide bonds. The van der Waals surface area contributed by atoms with Gasteiger partial charge < -0.3 is 4.90 Å². The summed E-state index contributed by atoms with van der Waals surface area (Å²) in [4.78, 5) is 3.73. The van der Waals surface area contributed by atoms with Crippen LogP contribution in [0.25, 0.3) is 0 Å². The molecule has 3 nitrogen and oxygen atoms in total. The van der Waals surface area contributed by atoms with Gasteiger partial charge in [-0.05, 0) is 61.6 Å². The van der Waals surface area contributed by atoms with E-state index >= 15 is 0 Å². The quantitative estimate of drug-likeness (QED) is 0.807. The summed E-state index contributed by atoms with van der Waals surface area (Å²) in [7, 11) is 0. The van der Waals surface area contributed by atoms with E-state index in [1.807, 2.05) is 11.8 Å². The van der Waals surface area contributed by atoms with Gasteiger partial charge in [-0.25, -0.2) is 0 Å². The van der Waals surface area contributed by atoms with Gasteiger partial charge in [0.15, 0.2) is 5.82 Å². The van der Waals surface area contributed by atoms with Crippen LogP contribution in [0.4, 0.5) is 5.82 Å². The van der Waals surface area contributed by atoms with E-state index in [0.29, 0.717) is 5.25 Å². The first-order valence-corrected chi connectivity index (χ1v) is 9.48. The fourth-order valence-electron chi connectivity index (χ4n) is 3.21. The Morgan fingerprint density at radius 3 is 2.86 bits per heavy atom. The molecule has 1 aromatic heterocycles. The number of aryl methyl sites for hydroxylation is 2. The Balaban J connectivity index is 1.42. The molecule has 2 aliphatic rings. The van der Waals surface area contributed by atoms with Gasteiger partial charge in [0, 0.05) is 27.7 Å². The number of hydrogen-bond donors (Lipinski definition) is 0. The third-order valence-electron chi connectivity index (χ3n) is 4.39. The second-order valence-electron chi connectivity index (χ2n) is 5.96. The maximum absolute atomic E-state index is 4.45. The SMILES string of the molecule is Brc1ccc(SC2CCN(c3cc4c(nn3)CCC4)C2)cc1. The first kappa shape index (κ1) is 14.5. The van der Waals surface area contributed by atoms with Crippen LogP contribution in [0.2, 0.25) is 0 Å². The van der Waals surface area contributed by atoms with Crippen LogP contribution in [-0.4, -0.2) is 28.5 Å². The van der Waals surface area contributed by atoms with Crippen molar-refractivity contribution in [3.05, 3.63) is 46.1 Å². The second-order valence-corrected chi connectivity index (χ2v) is 8.25. The lowest BCUT2D eigenvalue weighted by Crippen LogP contribution is -2.22. The first-order valence-electron chi connectivity index (χ1n) is 7.80. The number of anilines is 1. The molecule has 1 unspecified atom stereocenters. The average Bonchev–Trinajstić information content (AvgIpc) is 3.17. The standard InChI is InChI=1S/C17H18BrN3S/c18-13-4-6-14(7-5-13)22-15-8-9-21(11-15)17-10-12-2-1-3-16(12)19-20-17/h4-7,10,15H,1-3,8-9,11H2. The number of halogens is 1. The number of nitrogens with zero attached hydrogens (tertiary/aromatic N) is 3. The summed E-state index contributed by atoms with van der Waals surface area (Å²) in [5.41, 5.74) is 2.62. The molecule has 1 atom stereocenters. The molecule has 2 heterocycles. The van der Waals surface area contributed by atoms with E-state index in [1.54, 1.807) is 0 Å². The topological polar surface area (TPSA) is 29.0 Å². The zero-order chi connectivity index (χ0) is 14.9. The number of fused-ring (bicyclic) bond motifs is 1. The summed E-state index contributed by atoms with van der Waals surface area (Å²) >= 11 is 5.46. The van der Waals surface area contributed by atoms with E-state index in [-0.39, 0.29) is 0 Å². The predicted molar refractivity (Wildman–Crippen MR) is 94.7 cm³/mol. The van der Waals surface area contributed by atoms with E-state index < -0.39 is 0 Å². The molecule has 1 aliphatic carbocycles. The molecule has 5 heteroatoms. The fraction of sp³-hybridized carbons (Fsp3) is 0.412. The zero-order valence-corrected chi connectivity index (χ0v) is 14.7. The Kier molecular flexibility index (Phi) is 4.09. The minimum absolute atomic E-state index is 0.635. The van der Waals surface area contributed by atoms with Gasteiger partial charge in [-0.1, -0.05) is 15.9 Å².